The highest BCUT2D eigenvalue weighted by Gasteiger charge is 2.12. The third-order valence-corrected chi connectivity index (χ3v) is 2.62. The third kappa shape index (κ3) is 5.43. The normalized spacial score (nSPS) is 10.2. The van der Waals surface area contributed by atoms with Gasteiger partial charge < -0.3 is 4.74 Å². The number of rotatable bonds is 6. The Labute approximate surface area is 101 Å². The summed E-state index contributed by atoms with van der Waals surface area (Å²) in [6, 6.07) is 9.21. The number of benzene rings is 1. The minimum absolute atomic E-state index is 0.125. The highest BCUT2D eigenvalue weighted by molar-refractivity contribution is 7.23. The molecule has 6 heteroatoms. The monoisotopic (exact) mass is 256 g/mol. The van der Waals surface area contributed by atoms with Crippen LogP contribution in [0.2, 0.25) is 0 Å². The molecular weight excluding hydrogens is 241 g/mol. The number of hydrogen-bond donors (Lipinski definition) is 1. The van der Waals surface area contributed by atoms with Crippen molar-refractivity contribution in [3.63, 3.8) is 0 Å². The molecule has 1 rings (SSSR count). The summed E-state index contributed by atoms with van der Waals surface area (Å²) in [4.78, 5) is 11.3. The number of hydrogen-bond acceptors (Lipinski definition) is 4. The Morgan fingerprint density at radius 1 is 1.35 bits per heavy atom. The fourth-order valence-electron chi connectivity index (χ4n) is 1.19. The topological polar surface area (TPSA) is 66.8 Å². The zero-order valence-electron chi connectivity index (χ0n) is 9.33. The quantitative estimate of drug-likeness (QED) is 0.367. The molecular formula is C11H15NO4P+. The van der Waals surface area contributed by atoms with Gasteiger partial charge in [-0.3, -0.25) is 5.21 Å². The molecule has 0 aliphatic heterocycles. The first-order chi connectivity index (χ1) is 8.24. The molecule has 1 unspecified atom stereocenters. The van der Waals surface area contributed by atoms with Crippen LogP contribution in [0.15, 0.2) is 30.3 Å². The van der Waals surface area contributed by atoms with E-state index in [-0.39, 0.29) is 13.2 Å². The van der Waals surface area contributed by atoms with Crippen molar-refractivity contribution in [3.05, 3.63) is 35.9 Å². The molecule has 0 aliphatic carbocycles. The van der Waals surface area contributed by atoms with Crippen molar-refractivity contribution in [2.75, 3.05) is 12.7 Å². The zero-order chi connectivity index (χ0) is 12.5. The summed E-state index contributed by atoms with van der Waals surface area (Å²) in [5.74, 6) is 0. The van der Waals surface area contributed by atoms with Gasteiger partial charge in [-0.15, -0.1) is 0 Å². The third-order valence-electron chi connectivity index (χ3n) is 2.06. The largest absolute Gasteiger partial charge is 0.443 e. The Balaban J connectivity index is 2.26. The number of carbonyl (C=O) groups excluding carboxylic acids is 1. The van der Waals surface area contributed by atoms with Gasteiger partial charge >= 0.3 is 14.6 Å². The molecule has 0 bridgehead atoms. The Bertz CT molecular complexity index is 358. The van der Waals surface area contributed by atoms with Gasteiger partial charge in [-0.1, -0.05) is 34.9 Å². The molecule has 1 aromatic rings. The smallest absolute Gasteiger partial charge is 0.434 e. The van der Waals surface area contributed by atoms with E-state index in [1.54, 1.807) is 0 Å². The number of hydroxylamine groups is 2. The Kier molecular flexibility index (Phi) is 6.22. The maximum Gasteiger partial charge on any atom is 0.434 e. The second kappa shape index (κ2) is 7.76. The van der Waals surface area contributed by atoms with Crippen molar-refractivity contribution in [2.24, 2.45) is 0 Å². The Morgan fingerprint density at radius 2 is 2.06 bits per heavy atom. The number of ether oxygens (including phenoxy) is 1. The van der Waals surface area contributed by atoms with Gasteiger partial charge in [0.2, 0.25) is 0 Å². The van der Waals surface area contributed by atoms with Crippen LogP contribution in [0.1, 0.15) is 12.0 Å². The zero-order valence-corrected chi connectivity index (χ0v) is 10.3. The average molecular weight is 256 g/mol. The fourth-order valence-corrected chi connectivity index (χ4v) is 1.49. The van der Waals surface area contributed by atoms with E-state index in [0.29, 0.717) is 17.6 Å². The van der Waals surface area contributed by atoms with Gasteiger partial charge in [-0.25, -0.2) is 4.79 Å². The lowest BCUT2D eigenvalue weighted by atomic mass is 10.2. The number of amides is 1. The SMILES string of the molecule is O=[PH+]CCCN(O)C(=O)OCc1ccccc1. The van der Waals surface area contributed by atoms with Crippen molar-refractivity contribution in [1.82, 2.24) is 5.06 Å². The van der Waals surface area contributed by atoms with E-state index in [1.807, 2.05) is 30.3 Å². The number of nitrogens with zero attached hydrogens (tertiary/aromatic N) is 1. The Morgan fingerprint density at radius 3 is 2.71 bits per heavy atom. The van der Waals surface area contributed by atoms with E-state index >= 15 is 0 Å². The molecule has 1 aromatic carbocycles. The molecule has 0 spiro atoms. The van der Waals surface area contributed by atoms with Crippen LogP contribution in [-0.2, 0) is 15.9 Å². The summed E-state index contributed by atoms with van der Waals surface area (Å²) in [6.45, 7) is 0.253. The summed E-state index contributed by atoms with van der Waals surface area (Å²) in [7, 11) is -0.411. The molecule has 5 nitrogen and oxygen atoms in total. The summed E-state index contributed by atoms with van der Waals surface area (Å²) in [5, 5.41) is 9.79. The van der Waals surface area contributed by atoms with Crippen LogP contribution in [0.4, 0.5) is 4.79 Å². The molecule has 0 radical (unpaired) electrons. The minimum Gasteiger partial charge on any atom is -0.443 e. The van der Waals surface area contributed by atoms with E-state index in [9.17, 15) is 14.6 Å². The van der Waals surface area contributed by atoms with E-state index in [4.69, 9.17) is 4.74 Å². The molecule has 17 heavy (non-hydrogen) atoms. The first-order valence-electron chi connectivity index (χ1n) is 5.26. The van der Waals surface area contributed by atoms with Crippen LogP contribution in [0.25, 0.3) is 0 Å². The maximum atomic E-state index is 11.3. The van der Waals surface area contributed by atoms with Crippen LogP contribution in [0.5, 0.6) is 0 Å². The molecule has 0 fully saturated rings. The second-order valence-electron chi connectivity index (χ2n) is 3.41. The molecule has 1 amide bonds. The first-order valence-corrected chi connectivity index (χ1v) is 6.37. The van der Waals surface area contributed by atoms with E-state index in [0.717, 1.165) is 5.56 Å². The van der Waals surface area contributed by atoms with Gasteiger partial charge in [-0.05, 0) is 5.56 Å². The molecule has 0 aliphatic rings. The van der Waals surface area contributed by atoms with Crippen LogP contribution in [-0.4, -0.2) is 29.1 Å². The van der Waals surface area contributed by atoms with Gasteiger partial charge in [-0.2, -0.15) is 5.06 Å². The van der Waals surface area contributed by atoms with Crippen molar-refractivity contribution >= 4 is 14.6 Å². The van der Waals surface area contributed by atoms with E-state index < -0.39 is 14.6 Å². The maximum absolute atomic E-state index is 11.3. The van der Waals surface area contributed by atoms with Gasteiger partial charge in [0.15, 0.2) is 0 Å². The van der Waals surface area contributed by atoms with Crippen LogP contribution in [0, 0.1) is 0 Å². The van der Waals surface area contributed by atoms with E-state index in [1.165, 1.54) is 0 Å². The van der Waals surface area contributed by atoms with Crippen LogP contribution >= 0.6 is 8.46 Å². The molecule has 0 aromatic heterocycles. The predicted molar refractivity (Wildman–Crippen MR) is 63.6 cm³/mol. The van der Waals surface area contributed by atoms with Crippen LogP contribution < -0.4 is 0 Å². The highest BCUT2D eigenvalue weighted by atomic mass is 31.1. The molecule has 0 saturated heterocycles. The van der Waals surface area contributed by atoms with E-state index in [2.05, 4.69) is 0 Å². The highest BCUT2D eigenvalue weighted by Crippen LogP contribution is 2.03. The Hall–Kier alpha value is -1.45. The summed E-state index contributed by atoms with van der Waals surface area (Å²) in [5.41, 5.74) is 0.857. The van der Waals surface area contributed by atoms with Crippen LogP contribution in [0.3, 0.4) is 0 Å². The number of carbonyl (C=O) groups is 1. The van der Waals surface area contributed by atoms with Gasteiger partial charge in [0.25, 0.3) is 0 Å². The lowest BCUT2D eigenvalue weighted by Gasteiger charge is -2.13. The van der Waals surface area contributed by atoms with Gasteiger partial charge in [0.1, 0.15) is 12.8 Å². The van der Waals surface area contributed by atoms with Gasteiger partial charge in [0, 0.05) is 6.42 Å². The van der Waals surface area contributed by atoms with Crippen molar-refractivity contribution < 1.29 is 19.3 Å². The molecule has 0 heterocycles. The standard InChI is InChI=1S/C11H14NO4P/c13-11(12(14)7-4-8-17-15)16-9-10-5-2-1-3-6-10/h1-3,5-6,14H,4,7-9H2/p+1. The van der Waals surface area contributed by atoms with Crippen molar-refractivity contribution in [1.29, 1.82) is 0 Å². The first kappa shape index (κ1) is 13.6. The minimum atomic E-state index is -0.789. The van der Waals surface area contributed by atoms with Crippen molar-refractivity contribution in [3.8, 4) is 0 Å². The lowest BCUT2D eigenvalue weighted by Crippen LogP contribution is -2.29. The van der Waals surface area contributed by atoms with Gasteiger partial charge in [0.05, 0.1) is 6.54 Å². The molecule has 0 saturated carbocycles. The fraction of sp³-hybridized carbons (Fsp3) is 0.364. The summed E-state index contributed by atoms with van der Waals surface area (Å²) >= 11 is 0. The second-order valence-corrected chi connectivity index (χ2v) is 4.20. The summed E-state index contributed by atoms with van der Waals surface area (Å²) in [6.07, 6.45) is 0.158. The molecule has 92 valence electrons. The molecule has 1 N–H and O–H groups in total. The lowest BCUT2D eigenvalue weighted by molar-refractivity contribution is -0.0755. The predicted octanol–water partition coefficient (Wildman–Crippen LogP) is 2.43. The summed E-state index contributed by atoms with van der Waals surface area (Å²) < 4.78 is 15.1. The molecule has 1 atom stereocenters. The van der Waals surface area contributed by atoms with Crippen molar-refractivity contribution in [2.45, 2.75) is 13.0 Å². The average Bonchev–Trinajstić information content (AvgIpc) is 2.37.